The third-order valence-corrected chi connectivity index (χ3v) is 3.19. The van der Waals surface area contributed by atoms with Crippen molar-refractivity contribution in [3.8, 4) is 0 Å². The first kappa shape index (κ1) is 13.3. The standard InChI is InChI=1S/C12H16N4O3/c1-8(17)16-3-2-9(6-16)5-13-11-4-10(12(18)19)14-7-15-11/h4,7,9H,2-3,5-6H2,1H3,(H,18,19)(H,13,14,15). The van der Waals surface area contributed by atoms with Crippen molar-refractivity contribution in [2.45, 2.75) is 13.3 Å². The number of aromatic nitrogens is 2. The highest BCUT2D eigenvalue weighted by atomic mass is 16.4. The SMILES string of the molecule is CC(=O)N1CCC(CNc2cc(C(=O)O)ncn2)C1. The molecule has 0 spiro atoms. The number of aromatic carboxylic acids is 1. The Morgan fingerprint density at radius 2 is 2.32 bits per heavy atom. The van der Waals surface area contributed by atoms with E-state index in [1.165, 1.54) is 12.4 Å². The van der Waals surface area contributed by atoms with Gasteiger partial charge in [-0.1, -0.05) is 0 Å². The van der Waals surface area contributed by atoms with Gasteiger partial charge >= 0.3 is 5.97 Å². The molecule has 2 rings (SSSR count). The summed E-state index contributed by atoms with van der Waals surface area (Å²) in [4.78, 5) is 31.4. The van der Waals surface area contributed by atoms with Crippen molar-refractivity contribution in [2.24, 2.45) is 5.92 Å². The molecule has 0 saturated carbocycles. The second kappa shape index (κ2) is 5.64. The molecular weight excluding hydrogens is 248 g/mol. The molecular formula is C12H16N4O3. The van der Waals surface area contributed by atoms with Crippen LogP contribution in [0.15, 0.2) is 12.4 Å². The number of carboxylic acid groups (broad SMARTS) is 1. The van der Waals surface area contributed by atoms with Gasteiger partial charge in [0, 0.05) is 32.6 Å². The number of likely N-dealkylation sites (tertiary alicyclic amines) is 1. The predicted molar refractivity (Wildman–Crippen MR) is 67.8 cm³/mol. The van der Waals surface area contributed by atoms with E-state index in [2.05, 4.69) is 15.3 Å². The lowest BCUT2D eigenvalue weighted by Gasteiger charge is -2.14. The van der Waals surface area contributed by atoms with Crippen LogP contribution in [0.3, 0.4) is 0 Å². The van der Waals surface area contributed by atoms with Gasteiger partial charge < -0.3 is 15.3 Å². The minimum atomic E-state index is -1.07. The van der Waals surface area contributed by atoms with Gasteiger partial charge in [0.15, 0.2) is 5.69 Å². The van der Waals surface area contributed by atoms with Crippen LogP contribution in [0.5, 0.6) is 0 Å². The predicted octanol–water partition coefficient (Wildman–Crippen LogP) is 0.455. The summed E-state index contributed by atoms with van der Waals surface area (Å²) >= 11 is 0. The fourth-order valence-corrected chi connectivity index (χ4v) is 2.11. The maximum absolute atomic E-state index is 11.2. The van der Waals surface area contributed by atoms with Crippen molar-refractivity contribution in [3.63, 3.8) is 0 Å². The molecule has 1 fully saturated rings. The van der Waals surface area contributed by atoms with Crippen molar-refractivity contribution in [1.82, 2.24) is 14.9 Å². The summed E-state index contributed by atoms with van der Waals surface area (Å²) in [6.07, 6.45) is 2.17. The molecule has 102 valence electrons. The molecule has 7 nitrogen and oxygen atoms in total. The Morgan fingerprint density at radius 1 is 1.53 bits per heavy atom. The monoisotopic (exact) mass is 264 g/mol. The zero-order valence-corrected chi connectivity index (χ0v) is 10.7. The molecule has 0 aromatic carbocycles. The van der Waals surface area contributed by atoms with Gasteiger partial charge in [-0.25, -0.2) is 14.8 Å². The van der Waals surface area contributed by atoms with E-state index in [1.807, 2.05) is 4.90 Å². The number of amides is 1. The number of nitrogens with one attached hydrogen (secondary N) is 1. The number of nitrogens with zero attached hydrogens (tertiary/aromatic N) is 3. The highest BCUT2D eigenvalue weighted by Gasteiger charge is 2.23. The van der Waals surface area contributed by atoms with E-state index in [0.717, 1.165) is 19.5 Å². The molecule has 7 heteroatoms. The Hall–Kier alpha value is -2.18. The van der Waals surface area contributed by atoms with Crippen LogP contribution in [-0.4, -0.2) is 51.5 Å². The summed E-state index contributed by atoms with van der Waals surface area (Å²) in [5.41, 5.74) is -0.0331. The lowest BCUT2D eigenvalue weighted by Crippen LogP contribution is -2.27. The maximum atomic E-state index is 11.2. The van der Waals surface area contributed by atoms with Crippen LogP contribution < -0.4 is 5.32 Å². The molecule has 1 unspecified atom stereocenters. The second-order valence-corrected chi connectivity index (χ2v) is 4.59. The van der Waals surface area contributed by atoms with Gasteiger partial charge in [-0.2, -0.15) is 0 Å². The van der Waals surface area contributed by atoms with Gasteiger partial charge in [-0.3, -0.25) is 4.79 Å². The summed E-state index contributed by atoms with van der Waals surface area (Å²) < 4.78 is 0. The summed E-state index contributed by atoms with van der Waals surface area (Å²) in [5.74, 6) is -0.118. The molecule has 0 radical (unpaired) electrons. The molecule has 1 atom stereocenters. The minimum absolute atomic E-state index is 0.0331. The molecule has 2 N–H and O–H groups in total. The molecule has 2 heterocycles. The van der Waals surface area contributed by atoms with Crippen LogP contribution in [0, 0.1) is 5.92 Å². The van der Waals surface area contributed by atoms with Gasteiger partial charge in [-0.05, 0) is 12.3 Å². The first-order valence-electron chi connectivity index (χ1n) is 6.11. The van der Waals surface area contributed by atoms with Crippen LogP contribution in [0.2, 0.25) is 0 Å². The average molecular weight is 264 g/mol. The number of hydrogen-bond donors (Lipinski definition) is 2. The number of carbonyl (C=O) groups excluding carboxylic acids is 1. The van der Waals surface area contributed by atoms with Crippen molar-refractivity contribution >= 4 is 17.7 Å². The van der Waals surface area contributed by atoms with Crippen LogP contribution in [0.1, 0.15) is 23.8 Å². The minimum Gasteiger partial charge on any atom is -0.477 e. The topological polar surface area (TPSA) is 95.4 Å². The molecule has 1 saturated heterocycles. The van der Waals surface area contributed by atoms with Crippen LogP contribution in [-0.2, 0) is 4.79 Å². The van der Waals surface area contributed by atoms with E-state index < -0.39 is 5.97 Å². The quantitative estimate of drug-likeness (QED) is 0.820. The zero-order chi connectivity index (χ0) is 13.8. The average Bonchev–Trinajstić information content (AvgIpc) is 2.85. The fraction of sp³-hybridized carbons (Fsp3) is 0.500. The van der Waals surface area contributed by atoms with Gasteiger partial charge in [0.2, 0.25) is 5.91 Å². The number of hydrogen-bond acceptors (Lipinski definition) is 5. The Bertz CT molecular complexity index is 492. The van der Waals surface area contributed by atoms with E-state index in [9.17, 15) is 9.59 Å². The molecule has 1 aliphatic rings. The van der Waals surface area contributed by atoms with Crippen LogP contribution in [0.25, 0.3) is 0 Å². The van der Waals surface area contributed by atoms with E-state index in [1.54, 1.807) is 6.92 Å². The Kier molecular flexibility index (Phi) is 3.94. The van der Waals surface area contributed by atoms with E-state index >= 15 is 0 Å². The van der Waals surface area contributed by atoms with Crippen molar-refractivity contribution in [3.05, 3.63) is 18.1 Å². The summed E-state index contributed by atoms with van der Waals surface area (Å²) in [7, 11) is 0. The van der Waals surface area contributed by atoms with E-state index in [0.29, 0.717) is 18.3 Å². The summed E-state index contributed by atoms with van der Waals surface area (Å²) in [6.45, 7) is 3.75. The summed E-state index contributed by atoms with van der Waals surface area (Å²) in [6, 6.07) is 1.40. The lowest BCUT2D eigenvalue weighted by molar-refractivity contribution is -0.127. The van der Waals surface area contributed by atoms with Crippen LogP contribution in [0.4, 0.5) is 5.82 Å². The zero-order valence-electron chi connectivity index (χ0n) is 10.7. The maximum Gasteiger partial charge on any atom is 0.354 e. The molecule has 1 aromatic heterocycles. The number of rotatable bonds is 4. The van der Waals surface area contributed by atoms with Gasteiger partial charge in [0.25, 0.3) is 0 Å². The third-order valence-electron chi connectivity index (χ3n) is 3.19. The van der Waals surface area contributed by atoms with Gasteiger partial charge in [-0.15, -0.1) is 0 Å². The molecule has 1 aliphatic heterocycles. The van der Waals surface area contributed by atoms with Gasteiger partial charge in [0.05, 0.1) is 0 Å². The number of carboxylic acids is 1. The molecule has 1 amide bonds. The van der Waals surface area contributed by atoms with Crippen LogP contribution >= 0.6 is 0 Å². The first-order chi connectivity index (χ1) is 9.06. The normalized spacial score (nSPS) is 18.4. The molecule has 0 bridgehead atoms. The number of carbonyl (C=O) groups is 2. The highest BCUT2D eigenvalue weighted by Crippen LogP contribution is 2.16. The molecule has 0 aliphatic carbocycles. The van der Waals surface area contributed by atoms with Crippen molar-refractivity contribution in [1.29, 1.82) is 0 Å². The van der Waals surface area contributed by atoms with E-state index in [4.69, 9.17) is 5.11 Å². The molecule has 19 heavy (non-hydrogen) atoms. The van der Waals surface area contributed by atoms with Crippen molar-refractivity contribution in [2.75, 3.05) is 25.0 Å². The Morgan fingerprint density at radius 3 is 2.95 bits per heavy atom. The second-order valence-electron chi connectivity index (χ2n) is 4.59. The third kappa shape index (κ3) is 3.40. The fourth-order valence-electron chi connectivity index (χ4n) is 2.11. The van der Waals surface area contributed by atoms with Gasteiger partial charge in [0.1, 0.15) is 12.1 Å². The lowest BCUT2D eigenvalue weighted by atomic mass is 10.1. The first-order valence-corrected chi connectivity index (χ1v) is 6.11. The smallest absolute Gasteiger partial charge is 0.354 e. The Labute approximate surface area is 110 Å². The van der Waals surface area contributed by atoms with Crippen molar-refractivity contribution < 1.29 is 14.7 Å². The highest BCUT2D eigenvalue weighted by molar-refractivity contribution is 5.85. The van der Waals surface area contributed by atoms with E-state index in [-0.39, 0.29) is 11.6 Å². The number of anilines is 1. The Balaban J connectivity index is 1.88. The summed E-state index contributed by atoms with van der Waals surface area (Å²) in [5, 5.41) is 11.9. The largest absolute Gasteiger partial charge is 0.477 e. The molecule has 1 aromatic rings.